The summed E-state index contributed by atoms with van der Waals surface area (Å²) in [6, 6.07) is 0.296. The van der Waals surface area contributed by atoms with Crippen LogP contribution in [0.5, 0.6) is 0 Å². The lowest BCUT2D eigenvalue weighted by Gasteiger charge is -2.35. The average molecular weight is 306 g/mol. The maximum absolute atomic E-state index is 11.7. The number of ether oxygens (including phenoxy) is 1. The maximum atomic E-state index is 11.7. The van der Waals surface area contributed by atoms with Gasteiger partial charge in [0.15, 0.2) is 0 Å². The van der Waals surface area contributed by atoms with Crippen LogP contribution in [0, 0.1) is 5.92 Å². The van der Waals surface area contributed by atoms with Gasteiger partial charge in [-0.1, -0.05) is 13.3 Å². The second-order valence-corrected chi connectivity index (χ2v) is 7.81. The molecule has 0 amide bonds. The monoisotopic (exact) mass is 306 g/mol. The molecule has 0 aromatic rings. The van der Waals surface area contributed by atoms with Gasteiger partial charge in [-0.3, -0.25) is 0 Å². The van der Waals surface area contributed by atoms with E-state index in [1.807, 2.05) is 7.05 Å². The highest BCUT2D eigenvalue weighted by molar-refractivity contribution is 7.88. The van der Waals surface area contributed by atoms with E-state index < -0.39 is 10.0 Å². The van der Waals surface area contributed by atoms with E-state index in [0.717, 1.165) is 32.1 Å². The first-order valence-electron chi connectivity index (χ1n) is 7.57. The molecule has 3 unspecified atom stereocenters. The summed E-state index contributed by atoms with van der Waals surface area (Å²) in [6.07, 6.45) is 6.67. The molecule has 1 N–H and O–H groups in total. The Kier molecular flexibility index (Phi) is 7.43. The molecule has 0 radical (unpaired) electrons. The molecule has 20 heavy (non-hydrogen) atoms. The van der Waals surface area contributed by atoms with Gasteiger partial charge in [-0.25, -0.2) is 12.7 Å². The van der Waals surface area contributed by atoms with E-state index in [0.29, 0.717) is 25.0 Å². The van der Waals surface area contributed by atoms with Gasteiger partial charge in [0, 0.05) is 26.2 Å². The smallest absolute Gasteiger partial charge is 0.211 e. The molecule has 1 heterocycles. The predicted octanol–water partition coefficient (Wildman–Crippen LogP) is 1.45. The Labute approximate surface area is 124 Å². The van der Waals surface area contributed by atoms with Gasteiger partial charge < -0.3 is 10.1 Å². The van der Waals surface area contributed by atoms with Crippen molar-refractivity contribution in [3.05, 3.63) is 0 Å². The van der Waals surface area contributed by atoms with Crippen molar-refractivity contribution in [1.82, 2.24) is 9.62 Å². The van der Waals surface area contributed by atoms with Crippen molar-refractivity contribution in [2.75, 3.05) is 33.5 Å². The summed E-state index contributed by atoms with van der Waals surface area (Å²) in [5.41, 5.74) is 0. The molecule has 1 fully saturated rings. The van der Waals surface area contributed by atoms with E-state index in [1.54, 1.807) is 11.4 Å². The highest BCUT2D eigenvalue weighted by Crippen LogP contribution is 2.24. The molecule has 0 aromatic heterocycles. The fourth-order valence-corrected chi connectivity index (χ4v) is 4.05. The van der Waals surface area contributed by atoms with E-state index in [-0.39, 0.29) is 6.10 Å². The molecular formula is C14H30N2O3S. The minimum Gasteiger partial charge on any atom is -0.380 e. The number of hydrogen-bond donors (Lipinski definition) is 1. The van der Waals surface area contributed by atoms with Crippen LogP contribution in [0.1, 0.15) is 39.0 Å². The summed E-state index contributed by atoms with van der Waals surface area (Å²) >= 11 is 0. The molecule has 1 aliphatic rings. The van der Waals surface area contributed by atoms with E-state index in [4.69, 9.17) is 4.74 Å². The van der Waals surface area contributed by atoms with Crippen molar-refractivity contribution in [3.8, 4) is 0 Å². The van der Waals surface area contributed by atoms with Crippen LogP contribution in [-0.2, 0) is 14.8 Å². The molecule has 1 rings (SSSR count). The van der Waals surface area contributed by atoms with Gasteiger partial charge in [0.2, 0.25) is 10.0 Å². The number of rotatable bonds is 8. The first kappa shape index (κ1) is 17.9. The van der Waals surface area contributed by atoms with Crippen LogP contribution in [0.15, 0.2) is 0 Å². The number of sulfonamides is 1. The lowest BCUT2D eigenvalue weighted by molar-refractivity contribution is 0.0515. The van der Waals surface area contributed by atoms with Crippen LogP contribution in [-0.4, -0.2) is 58.4 Å². The molecule has 0 aromatic carbocycles. The summed E-state index contributed by atoms with van der Waals surface area (Å²) in [5, 5.41) is 3.35. The fraction of sp³-hybridized carbons (Fsp3) is 1.00. The first-order valence-corrected chi connectivity index (χ1v) is 9.42. The number of likely N-dealkylation sites (N-methyl/N-ethyl adjacent to an activating group) is 1. The van der Waals surface area contributed by atoms with Crippen LogP contribution >= 0.6 is 0 Å². The Morgan fingerprint density at radius 2 is 2.15 bits per heavy atom. The van der Waals surface area contributed by atoms with E-state index in [2.05, 4.69) is 12.2 Å². The van der Waals surface area contributed by atoms with Crippen LogP contribution < -0.4 is 5.32 Å². The number of nitrogens with zero attached hydrogens (tertiary/aromatic N) is 1. The summed E-state index contributed by atoms with van der Waals surface area (Å²) in [4.78, 5) is 0. The molecular weight excluding hydrogens is 276 g/mol. The molecule has 6 heteroatoms. The lowest BCUT2D eigenvalue weighted by atomic mass is 9.89. The number of piperidine rings is 1. The van der Waals surface area contributed by atoms with Gasteiger partial charge in [0.05, 0.1) is 12.4 Å². The van der Waals surface area contributed by atoms with Crippen LogP contribution in [0.4, 0.5) is 0 Å². The standard InChI is InChI=1S/C14H30N2O3S/c1-5-7-14(19-3)13(15-2)10-12-8-6-9-16(11-12)20(4,17)18/h12-15H,5-11H2,1-4H3. The van der Waals surface area contributed by atoms with Crippen molar-refractivity contribution in [2.45, 2.75) is 51.2 Å². The van der Waals surface area contributed by atoms with Gasteiger partial charge in [0.25, 0.3) is 0 Å². The molecule has 0 spiro atoms. The van der Waals surface area contributed by atoms with Crippen molar-refractivity contribution < 1.29 is 13.2 Å². The lowest BCUT2D eigenvalue weighted by Crippen LogP contribution is -2.45. The average Bonchev–Trinajstić information content (AvgIpc) is 2.42. The highest BCUT2D eigenvalue weighted by atomic mass is 32.2. The van der Waals surface area contributed by atoms with Crippen molar-refractivity contribution in [1.29, 1.82) is 0 Å². The Bertz CT molecular complexity index is 373. The Balaban J connectivity index is 2.60. The number of hydrogen-bond acceptors (Lipinski definition) is 4. The zero-order chi connectivity index (χ0) is 15.2. The maximum Gasteiger partial charge on any atom is 0.211 e. The molecule has 0 saturated carbocycles. The van der Waals surface area contributed by atoms with Crippen molar-refractivity contribution in [3.63, 3.8) is 0 Å². The molecule has 5 nitrogen and oxygen atoms in total. The Morgan fingerprint density at radius 1 is 1.45 bits per heavy atom. The van der Waals surface area contributed by atoms with Crippen LogP contribution in [0.3, 0.4) is 0 Å². The number of methoxy groups -OCH3 is 1. The van der Waals surface area contributed by atoms with E-state index in [9.17, 15) is 8.42 Å². The SMILES string of the molecule is CCCC(OC)C(CC1CCCN(S(C)(=O)=O)C1)NC. The normalized spacial score (nSPS) is 24.5. The Morgan fingerprint density at radius 3 is 2.65 bits per heavy atom. The first-order chi connectivity index (χ1) is 9.42. The summed E-state index contributed by atoms with van der Waals surface area (Å²) in [7, 11) is 0.664. The van der Waals surface area contributed by atoms with Gasteiger partial charge in [-0.15, -0.1) is 0 Å². The molecule has 3 atom stereocenters. The Hall–Kier alpha value is -0.170. The second kappa shape index (κ2) is 8.32. The van der Waals surface area contributed by atoms with Crippen LogP contribution in [0.25, 0.3) is 0 Å². The van der Waals surface area contributed by atoms with Gasteiger partial charge in [-0.05, 0) is 38.6 Å². The highest BCUT2D eigenvalue weighted by Gasteiger charge is 2.29. The summed E-state index contributed by atoms with van der Waals surface area (Å²) in [5.74, 6) is 0.422. The fourth-order valence-electron chi connectivity index (χ4n) is 3.10. The summed E-state index contributed by atoms with van der Waals surface area (Å²) < 4.78 is 30.5. The minimum atomic E-state index is -3.06. The third kappa shape index (κ3) is 5.31. The van der Waals surface area contributed by atoms with E-state index >= 15 is 0 Å². The molecule has 0 aliphatic carbocycles. The quantitative estimate of drug-likeness (QED) is 0.737. The van der Waals surface area contributed by atoms with E-state index in [1.165, 1.54) is 6.26 Å². The number of nitrogens with one attached hydrogen (secondary N) is 1. The van der Waals surface area contributed by atoms with Gasteiger partial charge in [-0.2, -0.15) is 0 Å². The molecule has 0 bridgehead atoms. The predicted molar refractivity (Wildman–Crippen MR) is 82.3 cm³/mol. The second-order valence-electron chi connectivity index (χ2n) is 5.82. The third-order valence-electron chi connectivity index (χ3n) is 4.23. The zero-order valence-corrected chi connectivity index (χ0v) is 14.1. The molecule has 1 saturated heterocycles. The molecule has 1 aliphatic heterocycles. The zero-order valence-electron chi connectivity index (χ0n) is 13.3. The summed E-state index contributed by atoms with van der Waals surface area (Å²) in [6.45, 7) is 3.48. The van der Waals surface area contributed by atoms with Crippen LogP contribution in [0.2, 0.25) is 0 Å². The topological polar surface area (TPSA) is 58.6 Å². The largest absolute Gasteiger partial charge is 0.380 e. The molecule has 120 valence electrons. The van der Waals surface area contributed by atoms with Gasteiger partial charge in [0.1, 0.15) is 0 Å². The minimum absolute atomic E-state index is 0.207. The van der Waals surface area contributed by atoms with Crippen molar-refractivity contribution in [2.24, 2.45) is 5.92 Å². The third-order valence-corrected chi connectivity index (χ3v) is 5.50. The van der Waals surface area contributed by atoms with Crippen molar-refractivity contribution >= 4 is 10.0 Å². The van der Waals surface area contributed by atoms with Gasteiger partial charge >= 0.3 is 0 Å².